The Morgan fingerprint density at radius 3 is 2.42 bits per heavy atom. The molecule has 0 atom stereocenters. The molecule has 0 amide bonds. The van der Waals surface area contributed by atoms with Crippen molar-refractivity contribution in [3.63, 3.8) is 0 Å². The van der Waals surface area contributed by atoms with Crippen LogP contribution in [0.15, 0.2) is 24.3 Å². The van der Waals surface area contributed by atoms with Gasteiger partial charge in [-0.15, -0.1) is 0 Å². The Morgan fingerprint density at radius 2 is 1.73 bits per heavy atom. The SMILES string of the molecule is COc1ccc(OC)c(Nc2cc(C)nc(NC3CCCCCC3)n2)c1. The van der Waals surface area contributed by atoms with Gasteiger partial charge in [-0.25, -0.2) is 4.98 Å². The highest BCUT2D eigenvalue weighted by Crippen LogP contribution is 2.31. The average molecular weight is 356 g/mol. The molecule has 0 bridgehead atoms. The highest BCUT2D eigenvalue weighted by atomic mass is 16.5. The van der Waals surface area contributed by atoms with E-state index in [9.17, 15) is 0 Å². The van der Waals surface area contributed by atoms with Crippen LogP contribution in [0.4, 0.5) is 17.5 Å². The zero-order valence-electron chi connectivity index (χ0n) is 15.8. The Kier molecular flexibility index (Phi) is 6.15. The van der Waals surface area contributed by atoms with E-state index in [1.165, 1.54) is 38.5 Å². The first-order chi connectivity index (χ1) is 12.7. The molecule has 6 nitrogen and oxygen atoms in total. The van der Waals surface area contributed by atoms with Gasteiger partial charge in [0.15, 0.2) is 0 Å². The van der Waals surface area contributed by atoms with Gasteiger partial charge in [-0.3, -0.25) is 0 Å². The fraction of sp³-hybridized carbons (Fsp3) is 0.500. The number of hydrogen-bond acceptors (Lipinski definition) is 6. The second kappa shape index (κ2) is 8.74. The van der Waals surface area contributed by atoms with Gasteiger partial charge >= 0.3 is 0 Å². The first kappa shape index (κ1) is 18.3. The van der Waals surface area contributed by atoms with Crippen LogP contribution in [0.3, 0.4) is 0 Å². The maximum Gasteiger partial charge on any atom is 0.225 e. The summed E-state index contributed by atoms with van der Waals surface area (Å²) < 4.78 is 10.7. The van der Waals surface area contributed by atoms with E-state index in [4.69, 9.17) is 9.47 Å². The minimum Gasteiger partial charge on any atom is -0.497 e. The summed E-state index contributed by atoms with van der Waals surface area (Å²) in [5.74, 6) is 2.91. The Hall–Kier alpha value is -2.50. The van der Waals surface area contributed by atoms with Gasteiger partial charge in [0, 0.05) is 23.9 Å². The Labute approximate surface area is 155 Å². The zero-order valence-corrected chi connectivity index (χ0v) is 15.8. The molecule has 2 aromatic rings. The third-order valence-electron chi connectivity index (χ3n) is 4.71. The zero-order chi connectivity index (χ0) is 18.4. The number of nitrogens with one attached hydrogen (secondary N) is 2. The monoisotopic (exact) mass is 356 g/mol. The van der Waals surface area contributed by atoms with E-state index in [-0.39, 0.29) is 0 Å². The molecule has 0 saturated heterocycles. The number of nitrogens with zero attached hydrogens (tertiary/aromatic N) is 2. The lowest BCUT2D eigenvalue weighted by Crippen LogP contribution is -2.20. The topological polar surface area (TPSA) is 68.3 Å². The van der Waals surface area contributed by atoms with Gasteiger partial charge < -0.3 is 20.1 Å². The van der Waals surface area contributed by atoms with Gasteiger partial charge in [0.25, 0.3) is 0 Å². The summed E-state index contributed by atoms with van der Waals surface area (Å²) in [4.78, 5) is 9.21. The molecule has 1 aliphatic rings. The summed E-state index contributed by atoms with van der Waals surface area (Å²) in [6.07, 6.45) is 7.57. The van der Waals surface area contributed by atoms with Crippen LogP contribution in [-0.4, -0.2) is 30.2 Å². The quantitative estimate of drug-likeness (QED) is 0.733. The smallest absolute Gasteiger partial charge is 0.225 e. The largest absolute Gasteiger partial charge is 0.497 e. The highest BCUT2D eigenvalue weighted by molar-refractivity contribution is 5.67. The van der Waals surface area contributed by atoms with Crippen molar-refractivity contribution in [1.29, 1.82) is 0 Å². The van der Waals surface area contributed by atoms with Crippen molar-refractivity contribution in [1.82, 2.24) is 9.97 Å². The summed E-state index contributed by atoms with van der Waals surface area (Å²) in [7, 11) is 3.30. The Morgan fingerprint density at radius 1 is 0.962 bits per heavy atom. The molecular formula is C20H28N4O2. The molecule has 0 spiro atoms. The lowest BCUT2D eigenvalue weighted by Gasteiger charge is -2.18. The number of anilines is 3. The lowest BCUT2D eigenvalue weighted by molar-refractivity contribution is 0.405. The molecule has 1 aromatic carbocycles. The molecule has 1 heterocycles. The minimum atomic E-state index is 0.457. The maximum atomic E-state index is 5.44. The Bertz CT molecular complexity index is 728. The molecule has 3 rings (SSSR count). The van der Waals surface area contributed by atoms with Crippen molar-refractivity contribution < 1.29 is 9.47 Å². The van der Waals surface area contributed by atoms with E-state index < -0.39 is 0 Å². The predicted octanol–water partition coefficient (Wildman–Crippen LogP) is 4.68. The number of aromatic nitrogens is 2. The molecular weight excluding hydrogens is 328 g/mol. The predicted molar refractivity (Wildman–Crippen MR) is 105 cm³/mol. The fourth-order valence-electron chi connectivity index (χ4n) is 3.35. The third kappa shape index (κ3) is 4.77. The molecule has 1 saturated carbocycles. The fourth-order valence-corrected chi connectivity index (χ4v) is 3.35. The van der Waals surface area contributed by atoms with Crippen LogP contribution in [0.2, 0.25) is 0 Å². The number of aryl methyl sites for hydroxylation is 1. The number of methoxy groups -OCH3 is 2. The van der Waals surface area contributed by atoms with Crippen LogP contribution in [0.5, 0.6) is 11.5 Å². The second-order valence-electron chi connectivity index (χ2n) is 6.74. The average Bonchev–Trinajstić information content (AvgIpc) is 2.90. The molecule has 1 aromatic heterocycles. The van der Waals surface area contributed by atoms with Crippen molar-refractivity contribution in [2.75, 3.05) is 24.9 Å². The van der Waals surface area contributed by atoms with Crippen molar-refractivity contribution >= 4 is 17.5 Å². The van der Waals surface area contributed by atoms with Crippen molar-refractivity contribution in [2.45, 2.75) is 51.5 Å². The number of ether oxygens (including phenoxy) is 2. The van der Waals surface area contributed by atoms with Crippen molar-refractivity contribution in [3.05, 3.63) is 30.0 Å². The van der Waals surface area contributed by atoms with Crippen LogP contribution in [0.1, 0.15) is 44.2 Å². The van der Waals surface area contributed by atoms with Crippen molar-refractivity contribution in [3.8, 4) is 11.5 Å². The number of rotatable bonds is 6. The number of benzene rings is 1. The van der Waals surface area contributed by atoms with E-state index in [0.717, 1.165) is 28.7 Å². The third-order valence-corrected chi connectivity index (χ3v) is 4.71. The molecule has 0 radical (unpaired) electrons. The second-order valence-corrected chi connectivity index (χ2v) is 6.74. The highest BCUT2D eigenvalue weighted by Gasteiger charge is 2.14. The normalized spacial score (nSPS) is 15.2. The summed E-state index contributed by atoms with van der Waals surface area (Å²) in [5.41, 5.74) is 1.73. The summed E-state index contributed by atoms with van der Waals surface area (Å²) in [6, 6.07) is 8.03. The van der Waals surface area contributed by atoms with Gasteiger partial charge in [-0.2, -0.15) is 4.98 Å². The molecule has 6 heteroatoms. The first-order valence-corrected chi connectivity index (χ1v) is 9.29. The molecule has 1 aliphatic carbocycles. The minimum absolute atomic E-state index is 0.457. The maximum absolute atomic E-state index is 5.44. The van der Waals surface area contributed by atoms with Gasteiger partial charge in [-0.05, 0) is 31.9 Å². The number of hydrogen-bond donors (Lipinski definition) is 2. The van der Waals surface area contributed by atoms with E-state index in [2.05, 4.69) is 20.6 Å². The molecule has 2 N–H and O–H groups in total. The van der Waals surface area contributed by atoms with E-state index >= 15 is 0 Å². The van der Waals surface area contributed by atoms with Crippen LogP contribution < -0.4 is 20.1 Å². The molecule has 0 aliphatic heterocycles. The molecule has 0 unspecified atom stereocenters. The summed E-state index contributed by atoms with van der Waals surface area (Å²) in [6.45, 7) is 1.98. The lowest BCUT2D eigenvalue weighted by atomic mass is 10.1. The molecule has 1 fully saturated rings. The summed E-state index contributed by atoms with van der Waals surface area (Å²) >= 11 is 0. The van der Waals surface area contributed by atoms with E-state index in [0.29, 0.717) is 12.0 Å². The van der Waals surface area contributed by atoms with Gasteiger partial charge in [-0.1, -0.05) is 25.7 Å². The van der Waals surface area contributed by atoms with Crippen LogP contribution in [0.25, 0.3) is 0 Å². The van der Waals surface area contributed by atoms with Crippen LogP contribution in [0, 0.1) is 6.92 Å². The summed E-state index contributed by atoms with van der Waals surface area (Å²) in [5, 5.41) is 6.85. The van der Waals surface area contributed by atoms with Crippen LogP contribution >= 0.6 is 0 Å². The van der Waals surface area contributed by atoms with Crippen LogP contribution in [-0.2, 0) is 0 Å². The molecule has 26 heavy (non-hydrogen) atoms. The molecule has 140 valence electrons. The van der Waals surface area contributed by atoms with Gasteiger partial charge in [0.2, 0.25) is 5.95 Å². The van der Waals surface area contributed by atoms with Gasteiger partial charge in [0.05, 0.1) is 19.9 Å². The first-order valence-electron chi connectivity index (χ1n) is 9.29. The Balaban J connectivity index is 1.79. The van der Waals surface area contributed by atoms with Crippen molar-refractivity contribution in [2.24, 2.45) is 0 Å². The van der Waals surface area contributed by atoms with E-state index in [1.54, 1.807) is 14.2 Å². The standard InChI is InChI=1S/C20H28N4O2/c1-14-12-19(23-17-13-16(25-2)10-11-18(17)26-3)24-20(21-14)22-15-8-6-4-5-7-9-15/h10-13,15H,4-9H2,1-3H3,(H2,21,22,23,24). The van der Waals surface area contributed by atoms with E-state index in [1.807, 2.05) is 31.2 Å². The van der Waals surface area contributed by atoms with Gasteiger partial charge in [0.1, 0.15) is 17.3 Å².